The summed E-state index contributed by atoms with van der Waals surface area (Å²) in [7, 11) is 0. The molecule has 2 aliphatic rings. The van der Waals surface area contributed by atoms with Crippen molar-refractivity contribution in [2.45, 2.75) is 40.5 Å². The van der Waals surface area contributed by atoms with Crippen LogP contribution in [0.5, 0.6) is 0 Å². The predicted octanol–water partition coefficient (Wildman–Crippen LogP) is 4.10. The van der Waals surface area contributed by atoms with Gasteiger partial charge in [-0.15, -0.1) is 0 Å². The van der Waals surface area contributed by atoms with Crippen molar-refractivity contribution in [3.63, 3.8) is 0 Å². The van der Waals surface area contributed by atoms with E-state index >= 15 is 0 Å². The maximum atomic E-state index is 13.6. The number of nitrogens with zero attached hydrogens (tertiary/aromatic N) is 4. The zero-order chi connectivity index (χ0) is 22.3. The van der Waals surface area contributed by atoms with Crippen LogP contribution < -0.4 is 10.5 Å². The minimum Gasteiger partial charge on any atom is -0.355 e. The van der Waals surface area contributed by atoms with Gasteiger partial charge in [0.2, 0.25) is 0 Å². The summed E-state index contributed by atoms with van der Waals surface area (Å²) in [4.78, 5) is 35.7. The van der Waals surface area contributed by atoms with E-state index in [2.05, 4.69) is 18.7 Å². The van der Waals surface area contributed by atoms with Crippen LogP contribution in [0, 0.1) is 18.8 Å². The van der Waals surface area contributed by atoms with Gasteiger partial charge >= 0.3 is 0 Å². The van der Waals surface area contributed by atoms with Crippen LogP contribution in [0.3, 0.4) is 0 Å². The number of fused-ring (bicyclic) bond motifs is 1. The molecular formula is C23H28N4O2S2. The Bertz CT molecular complexity index is 1130. The zero-order valence-electron chi connectivity index (χ0n) is 18.4. The Kier molecular flexibility index (Phi) is 6.21. The summed E-state index contributed by atoms with van der Waals surface area (Å²) < 4.78 is 2.12. The summed E-state index contributed by atoms with van der Waals surface area (Å²) >= 11 is 6.67. The maximum Gasteiger partial charge on any atom is 0.267 e. The minimum absolute atomic E-state index is 0.128. The van der Waals surface area contributed by atoms with Gasteiger partial charge in [0, 0.05) is 25.8 Å². The topological polar surface area (TPSA) is 57.9 Å². The Balaban J connectivity index is 1.88. The van der Waals surface area contributed by atoms with Gasteiger partial charge in [0.15, 0.2) is 0 Å². The number of hydrogen-bond donors (Lipinski definition) is 0. The monoisotopic (exact) mass is 456 g/mol. The highest BCUT2D eigenvalue weighted by molar-refractivity contribution is 8.26. The van der Waals surface area contributed by atoms with Crippen LogP contribution in [-0.4, -0.2) is 44.1 Å². The number of aromatic nitrogens is 2. The zero-order valence-corrected chi connectivity index (χ0v) is 20.1. The van der Waals surface area contributed by atoms with Crippen molar-refractivity contribution in [3.05, 3.63) is 44.7 Å². The number of carbonyl (C=O) groups excluding carboxylic acids is 1. The SMILES string of the molecule is CCCN1C(=O)C(=Cc2c(N3CC(C)CC(C)C3)nc3ccc(C)cn3c2=O)SC1=S. The first-order valence-corrected chi connectivity index (χ1v) is 12.0. The number of hydrogen-bond acceptors (Lipinski definition) is 6. The summed E-state index contributed by atoms with van der Waals surface area (Å²) in [5.74, 6) is 1.56. The first-order chi connectivity index (χ1) is 14.8. The molecule has 4 heterocycles. The Labute approximate surface area is 192 Å². The number of pyridine rings is 1. The molecule has 2 atom stereocenters. The van der Waals surface area contributed by atoms with E-state index < -0.39 is 0 Å². The molecule has 6 nitrogen and oxygen atoms in total. The van der Waals surface area contributed by atoms with Crippen LogP contribution in [0.25, 0.3) is 11.7 Å². The summed E-state index contributed by atoms with van der Waals surface area (Å²) in [6, 6.07) is 3.84. The fourth-order valence-electron chi connectivity index (χ4n) is 4.50. The Morgan fingerprint density at radius 2 is 1.94 bits per heavy atom. The molecule has 8 heteroatoms. The van der Waals surface area contributed by atoms with Crippen LogP contribution >= 0.6 is 24.0 Å². The van der Waals surface area contributed by atoms with Crippen molar-refractivity contribution in [2.75, 3.05) is 24.5 Å². The van der Waals surface area contributed by atoms with Crippen molar-refractivity contribution >= 4 is 51.7 Å². The highest BCUT2D eigenvalue weighted by atomic mass is 32.2. The molecule has 0 N–H and O–H groups in total. The first kappa shape index (κ1) is 22.0. The van der Waals surface area contributed by atoms with Gasteiger partial charge < -0.3 is 4.90 Å². The normalized spacial score (nSPS) is 23.4. The first-order valence-electron chi connectivity index (χ1n) is 10.8. The average Bonchev–Trinajstić information content (AvgIpc) is 2.97. The van der Waals surface area contributed by atoms with Crippen molar-refractivity contribution < 1.29 is 4.79 Å². The third-order valence-electron chi connectivity index (χ3n) is 5.75. The molecule has 2 aromatic heterocycles. The molecule has 0 aliphatic carbocycles. The lowest BCUT2D eigenvalue weighted by atomic mass is 9.91. The number of amides is 1. The molecule has 2 saturated heterocycles. The second-order valence-electron chi connectivity index (χ2n) is 8.77. The van der Waals surface area contributed by atoms with Crippen LogP contribution in [0.2, 0.25) is 0 Å². The van der Waals surface area contributed by atoms with Crippen molar-refractivity contribution in [1.29, 1.82) is 0 Å². The second-order valence-corrected chi connectivity index (χ2v) is 10.4. The largest absolute Gasteiger partial charge is 0.355 e. The molecule has 1 amide bonds. The van der Waals surface area contributed by atoms with Crippen LogP contribution in [0.1, 0.15) is 44.7 Å². The van der Waals surface area contributed by atoms with E-state index in [1.165, 1.54) is 11.8 Å². The third-order valence-corrected chi connectivity index (χ3v) is 7.13. The smallest absolute Gasteiger partial charge is 0.267 e. The van der Waals surface area contributed by atoms with Gasteiger partial charge in [-0.2, -0.15) is 0 Å². The summed E-state index contributed by atoms with van der Waals surface area (Å²) in [6.45, 7) is 10.7. The standard InChI is InChI=1S/C23H28N4O2S2/c1-5-8-26-22(29)18(31-23(26)30)10-17-20(25-11-15(3)9-16(4)12-25)24-19-7-6-14(2)13-27(19)21(17)28/h6-7,10,13,15-16H,5,8-9,11-12H2,1-4H3. The highest BCUT2D eigenvalue weighted by Crippen LogP contribution is 2.34. The Morgan fingerprint density at radius 3 is 2.61 bits per heavy atom. The molecule has 2 fully saturated rings. The lowest BCUT2D eigenvalue weighted by molar-refractivity contribution is -0.122. The third kappa shape index (κ3) is 4.28. The quantitative estimate of drug-likeness (QED) is 0.510. The van der Waals surface area contributed by atoms with Gasteiger partial charge in [-0.3, -0.25) is 18.9 Å². The number of piperidine rings is 1. The number of rotatable bonds is 4. The minimum atomic E-state index is -0.157. The molecule has 31 heavy (non-hydrogen) atoms. The Hall–Kier alpha value is -2.19. The molecule has 2 aliphatic heterocycles. The van der Waals surface area contributed by atoms with Gasteiger partial charge in [0.05, 0.1) is 10.5 Å². The van der Waals surface area contributed by atoms with E-state index in [0.29, 0.717) is 44.6 Å². The van der Waals surface area contributed by atoms with Gasteiger partial charge in [-0.25, -0.2) is 4.98 Å². The van der Waals surface area contributed by atoms with Gasteiger partial charge in [0.25, 0.3) is 11.5 Å². The predicted molar refractivity (Wildman–Crippen MR) is 132 cm³/mol. The molecule has 2 aromatic rings. The number of carbonyl (C=O) groups is 1. The van der Waals surface area contributed by atoms with Crippen molar-refractivity contribution in [2.24, 2.45) is 11.8 Å². The van der Waals surface area contributed by atoms with E-state index in [4.69, 9.17) is 17.2 Å². The lowest BCUT2D eigenvalue weighted by Crippen LogP contribution is -2.40. The van der Waals surface area contributed by atoms with E-state index in [1.807, 2.05) is 26.0 Å². The molecule has 0 aromatic carbocycles. The molecule has 4 rings (SSSR count). The maximum absolute atomic E-state index is 13.6. The number of aryl methyl sites for hydroxylation is 1. The van der Waals surface area contributed by atoms with Crippen molar-refractivity contribution in [1.82, 2.24) is 14.3 Å². The number of thiocarbonyl (C=S) groups is 1. The molecule has 2 unspecified atom stereocenters. The van der Waals surface area contributed by atoms with Crippen LogP contribution in [0.15, 0.2) is 28.0 Å². The molecule has 0 bridgehead atoms. The Morgan fingerprint density at radius 1 is 1.23 bits per heavy atom. The summed E-state index contributed by atoms with van der Waals surface area (Å²) in [5.41, 5.74) is 1.90. The second kappa shape index (κ2) is 8.74. The number of anilines is 1. The summed E-state index contributed by atoms with van der Waals surface area (Å²) in [5, 5.41) is 0. The van der Waals surface area contributed by atoms with Crippen LogP contribution in [-0.2, 0) is 4.79 Å². The fraction of sp³-hybridized carbons (Fsp3) is 0.478. The molecule has 164 valence electrons. The highest BCUT2D eigenvalue weighted by Gasteiger charge is 2.33. The summed E-state index contributed by atoms with van der Waals surface area (Å²) in [6.07, 6.45) is 5.50. The fourth-order valence-corrected chi connectivity index (χ4v) is 5.79. The van der Waals surface area contributed by atoms with Crippen LogP contribution in [0.4, 0.5) is 5.82 Å². The molecular weight excluding hydrogens is 428 g/mol. The molecule has 0 saturated carbocycles. The van der Waals surface area contributed by atoms with E-state index in [9.17, 15) is 9.59 Å². The lowest BCUT2D eigenvalue weighted by Gasteiger charge is -2.36. The number of thioether (sulfide) groups is 1. The van der Waals surface area contributed by atoms with E-state index in [1.54, 1.807) is 21.6 Å². The van der Waals surface area contributed by atoms with E-state index in [-0.39, 0.29) is 11.5 Å². The van der Waals surface area contributed by atoms with Gasteiger partial charge in [-0.05, 0) is 49.3 Å². The van der Waals surface area contributed by atoms with Gasteiger partial charge in [0.1, 0.15) is 15.8 Å². The molecule has 0 spiro atoms. The van der Waals surface area contributed by atoms with Crippen molar-refractivity contribution in [3.8, 4) is 0 Å². The average molecular weight is 457 g/mol. The van der Waals surface area contributed by atoms with E-state index in [0.717, 1.165) is 31.5 Å². The van der Waals surface area contributed by atoms with Gasteiger partial charge in [-0.1, -0.05) is 50.8 Å². The molecule has 0 radical (unpaired) electrons.